The summed E-state index contributed by atoms with van der Waals surface area (Å²) in [5, 5.41) is 0. The highest BCUT2D eigenvalue weighted by atomic mass is 19.1. The summed E-state index contributed by atoms with van der Waals surface area (Å²) in [5.74, 6) is 1.92. The Morgan fingerprint density at radius 3 is 2.65 bits per heavy atom. The van der Waals surface area contributed by atoms with Gasteiger partial charge < -0.3 is 23.5 Å². The number of methoxy groups -OCH3 is 1. The third-order valence-corrected chi connectivity index (χ3v) is 8.80. The van der Waals surface area contributed by atoms with Crippen LogP contribution in [0.2, 0.25) is 0 Å². The highest BCUT2D eigenvalue weighted by Gasteiger charge is 2.31. The Bertz CT molecular complexity index is 1660. The number of hydrogen-bond acceptors (Lipinski definition) is 8. The van der Waals surface area contributed by atoms with Gasteiger partial charge in [-0.2, -0.15) is 0 Å². The van der Waals surface area contributed by atoms with Crippen LogP contribution in [0.15, 0.2) is 48.5 Å². The molecular formula is C33H35FN4O5. The minimum absolute atomic E-state index is 0.120. The summed E-state index contributed by atoms with van der Waals surface area (Å²) in [6, 6.07) is 14.8. The molecule has 2 saturated heterocycles. The van der Waals surface area contributed by atoms with Crippen LogP contribution in [0.5, 0.6) is 11.5 Å². The highest BCUT2D eigenvalue weighted by Crippen LogP contribution is 2.45. The van der Waals surface area contributed by atoms with E-state index in [1.54, 1.807) is 12.1 Å². The lowest BCUT2D eigenvalue weighted by molar-refractivity contribution is -0.0593. The van der Waals surface area contributed by atoms with E-state index < -0.39 is 12.1 Å². The maximum Gasteiger partial charge on any atom is 0.356 e. The lowest BCUT2D eigenvalue weighted by atomic mass is 9.88. The SMILES string of the molecule is COC(=O)c1ccc2nc(CN3CCC(c4cccc5c4OC(c4ccc(C)cc4F)CO5)CC3)n(CC3CCO3)c2n1. The van der Waals surface area contributed by atoms with E-state index in [0.29, 0.717) is 30.2 Å². The molecular weight excluding hydrogens is 551 g/mol. The molecule has 0 radical (unpaired) electrons. The zero-order valence-corrected chi connectivity index (χ0v) is 24.4. The van der Waals surface area contributed by atoms with E-state index in [2.05, 4.69) is 20.5 Å². The molecule has 10 heteroatoms. The minimum atomic E-state index is -0.490. The van der Waals surface area contributed by atoms with E-state index in [4.69, 9.17) is 23.9 Å². The van der Waals surface area contributed by atoms with Gasteiger partial charge in [0, 0.05) is 17.7 Å². The van der Waals surface area contributed by atoms with Crippen LogP contribution in [0.4, 0.5) is 4.39 Å². The van der Waals surface area contributed by atoms with Crippen LogP contribution in [-0.4, -0.2) is 64.9 Å². The van der Waals surface area contributed by atoms with Gasteiger partial charge in [0.2, 0.25) is 0 Å². The molecule has 7 rings (SSSR count). The average molecular weight is 587 g/mol. The van der Waals surface area contributed by atoms with Gasteiger partial charge in [-0.05, 0) is 75.0 Å². The van der Waals surface area contributed by atoms with Crippen molar-refractivity contribution in [3.63, 3.8) is 0 Å². The quantitative estimate of drug-likeness (QED) is 0.268. The van der Waals surface area contributed by atoms with Crippen molar-refractivity contribution in [3.8, 4) is 11.5 Å². The number of benzene rings is 2. The number of halogens is 1. The van der Waals surface area contributed by atoms with E-state index in [9.17, 15) is 9.18 Å². The Morgan fingerprint density at radius 1 is 1.07 bits per heavy atom. The maximum absolute atomic E-state index is 14.8. The molecule has 2 aromatic carbocycles. The number of imidazole rings is 1. The molecule has 0 spiro atoms. The van der Waals surface area contributed by atoms with Gasteiger partial charge in [0.05, 0.1) is 26.3 Å². The molecule has 43 heavy (non-hydrogen) atoms. The normalized spacial score (nSPS) is 20.6. The topological polar surface area (TPSA) is 87.9 Å². The molecule has 0 aliphatic carbocycles. The van der Waals surface area contributed by atoms with Crippen molar-refractivity contribution in [2.24, 2.45) is 0 Å². The number of fused-ring (bicyclic) bond motifs is 2. The van der Waals surface area contributed by atoms with Gasteiger partial charge in [0.1, 0.15) is 23.8 Å². The predicted octanol–water partition coefficient (Wildman–Crippen LogP) is 5.35. The Hall–Kier alpha value is -4.02. The first-order chi connectivity index (χ1) is 21.0. The average Bonchev–Trinajstić information content (AvgIpc) is 3.34. The smallest absolute Gasteiger partial charge is 0.356 e. The molecule has 4 aromatic rings. The maximum atomic E-state index is 14.8. The number of ether oxygens (including phenoxy) is 4. The van der Waals surface area contributed by atoms with Crippen LogP contribution in [-0.2, 0) is 22.6 Å². The van der Waals surface area contributed by atoms with E-state index >= 15 is 0 Å². The van der Waals surface area contributed by atoms with E-state index in [0.717, 1.165) is 72.9 Å². The Labute approximate surface area is 249 Å². The van der Waals surface area contributed by atoms with Gasteiger partial charge in [-0.1, -0.05) is 24.3 Å². The van der Waals surface area contributed by atoms with Gasteiger partial charge in [0.15, 0.2) is 28.9 Å². The summed E-state index contributed by atoms with van der Waals surface area (Å²) in [6.07, 6.45) is 2.51. The van der Waals surface area contributed by atoms with Crippen molar-refractivity contribution in [2.45, 2.75) is 57.4 Å². The van der Waals surface area contributed by atoms with Crippen molar-refractivity contribution < 1.29 is 28.1 Å². The van der Waals surface area contributed by atoms with E-state index in [1.807, 2.05) is 31.2 Å². The van der Waals surface area contributed by atoms with Crippen LogP contribution in [0, 0.1) is 12.7 Å². The van der Waals surface area contributed by atoms with Crippen molar-refractivity contribution in [3.05, 3.63) is 82.6 Å². The number of aryl methyl sites for hydroxylation is 1. The molecule has 2 aromatic heterocycles. The number of pyridine rings is 1. The van der Waals surface area contributed by atoms with Crippen LogP contribution < -0.4 is 9.47 Å². The number of likely N-dealkylation sites (tertiary alicyclic amines) is 1. The monoisotopic (exact) mass is 586 g/mol. The number of nitrogens with zero attached hydrogens (tertiary/aromatic N) is 4. The molecule has 0 saturated carbocycles. The lowest BCUT2D eigenvalue weighted by Crippen LogP contribution is -2.35. The van der Waals surface area contributed by atoms with Crippen LogP contribution in [0.3, 0.4) is 0 Å². The summed E-state index contributed by atoms with van der Waals surface area (Å²) in [7, 11) is 1.36. The van der Waals surface area contributed by atoms with E-state index in [1.165, 1.54) is 13.2 Å². The molecule has 0 amide bonds. The molecule has 3 aliphatic rings. The molecule has 2 fully saturated rings. The number of hydrogen-bond donors (Lipinski definition) is 0. The zero-order valence-electron chi connectivity index (χ0n) is 24.4. The van der Waals surface area contributed by atoms with Crippen LogP contribution in [0.25, 0.3) is 11.2 Å². The standard InChI is InChI=1S/C33H35FN4O5/c1-20-6-7-24(25(34)16-20)29-19-42-28-5-3-4-23(31(28)43-29)21-10-13-37(14-11-21)18-30-35-26-8-9-27(33(39)40-2)36-32(26)38(30)17-22-12-15-41-22/h3-9,16,21-22,29H,10-15,17-19H2,1-2H3. The largest absolute Gasteiger partial charge is 0.485 e. The Balaban J connectivity index is 1.07. The second-order valence-electron chi connectivity index (χ2n) is 11.6. The number of esters is 1. The van der Waals surface area contributed by atoms with Crippen molar-refractivity contribution >= 4 is 17.1 Å². The van der Waals surface area contributed by atoms with E-state index in [-0.39, 0.29) is 24.2 Å². The Morgan fingerprint density at radius 2 is 1.91 bits per heavy atom. The summed E-state index contributed by atoms with van der Waals surface area (Å²) in [6.45, 7) is 6.00. The number of carbonyl (C=O) groups excluding carboxylic acids is 1. The number of aromatic nitrogens is 3. The fraction of sp³-hybridized carbons (Fsp3) is 0.424. The molecule has 224 valence electrons. The molecule has 2 atom stereocenters. The molecule has 0 bridgehead atoms. The first-order valence-corrected chi connectivity index (χ1v) is 14.9. The van der Waals surface area contributed by atoms with Crippen LogP contribution >= 0.6 is 0 Å². The van der Waals surface area contributed by atoms with Gasteiger partial charge in [-0.25, -0.2) is 19.2 Å². The first-order valence-electron chi connectivity index (χ1n) is 14.9. The fourth-order valence-electron chi connectivity index (χ4n) is 6.30. The Kier molecular flexibility index (Phi) is 7.48. The fourth-order valence-corrected chi connectivity index (χ4v) is 6.30. The predicted molar refractivity (Wildman–Crippen MR) is 157 cm³/mol. The first kappa shape index (κ1) is 27.8. The highest BCUT2D eigenvalue weighted by molar-refractivity contribution is 5.89. The van der Waals surface area contributed by atoms with Crippen LogP contribution in [0.1, 0.15) is 64.3 Å². The number of carbonyl (C=O) groups is 1. The number of rotatable bonds is 7. The molecule has 2 unspecified atom stereocenters. The second kappa shape index (κ2) is 11.6. The zero-order chi connectivity index (χ0) is 29.5. The summed E-state index contributed by atoms with van der Waals surface area (Å²) < 4.78 is 40.0. The van der Waals surface area contributed by atoms with Gasteiger partial charge in [0.25, 0.3) is 0 Å². The van der Waals surface area contributed by atoms with Gasteiger partial charge in [-0.3, -0.25) is 4.90 Å². The summed E-state index contributed by atoms with van der Waals surface area (Å²) in [4.78, 5) is 24.1. The minimum Gasteiger partial charge on any atom is -0.485 e. The second-order valence-corrected chi connectivity index (χ2v) is 11.6. The molecule has 0 N–H and O–H groups in total. The molecule has 5 heterocycles. The molecule has 3 aliphatic heterocycles. The van der Waals surface area contributed by atoms with Crippen molar-refractivity contribution in [2.75, 3.05) is 33.4 Å². The number of para-hydroxylation sites is 1. The molecule has 9 nitrogen and oxygen atoms in total. The van der Waals surface area contributed by atoms with Gasteiger partial charge >= 0.3 is 5.97 Å². The third kappa shape index (κ3) is 5.45. The summed E-state index contributed by atoms with van der Waals surface area (Å²) in [5.41, 5.74) is 4.20. The van der Waals surface area contributed by atoms with Crippen molar-refractivity contribution in [1.82, 2.24) is 19.4 Å². The third-order valence-electron chi connectivity index (χ3n) is 8.80. The number of piperidine rings is 1. The van der Waals surface area contributed by atoms with Gasteiger partial charge in [-0.15, -0.1) is 0 Å². The van der Waals surface area contributed by atoms with Crippen molar-refractivity contribution in [1.29, 1.82) is 0 Å². The summed E-state index contributed by atoms with van der Waals surface area (Å²) >= 11 is 0. The lowest BCUT2D eigenvalue weighted by Gasteiger charge is -2.35.